The number of benzene rings is 1. The molecule has 1 aliphatic heterocycles. The second-order valence-corrected chi connectivity index (χ2v) is 5.79. The average Bonchev–Trinajstić information content (AvgIpc) is 2.90. The minimum Gasteiger partial charge on any atom is -0.497 e. The second kappa shape index (κ2) is 5.02. The number of fused-ring (bicyclic) bond motifs is 1. The van der Waals surface area contributed by atoms with Crippen molar-refractivity contribution in [3.63, 3.8) is 0 Å². The summed E-state index contributed by atoms with van der Waals surface area (Å²) in [6, 6.07) is 10.7. The Morgan fingerprint density at radius 2 is 2.33 bits per heavy atom. The Morgan fingerprint density at radius 1 is 1.39 bits per heavy atom. The Labute approximate surface area is 112 Å². The summed E-state index contributed by atoms with van der Waals surface area (Å²) in [7, 11) is 1.72. The zero-order chi connectivity index (χ0) is 12.4. The van der Waals surface area contributed by atoms with E-state index in [0.717, 1.165) is 18.7 Å². The summed E-state index contributed by atoms with van der Waals surface area (Å²) in [4.78, 5) is 1.48. The number of rotatable bonds is 3. The molecule has 1 unspecified atom stereocenters. The molecular weight excluding hydrogens is 242 g/mol. The van der Waals surface area contributed by atoms with Crippen LogP contribution in [-0.4, -0.2) is 13.7 Å². The standard InChI is InChI=1S/C15H17NOS/c1-17-13-4-5-15-12(9-13)7-11(10-16-15)8-14-3-2-6-18-14/h2-6,9,11,16H,7-8,10H2,1H3. The molecule has 18 heavy (non-hydrogen) atoms. The van der Waals surface area contributed by atoms with E-state index in [1.807, 2.05) is 17.4 Å². The van der Waals surface area contributed by atoms with Gasteiger partial charge < -0.3 is 10.1 Å². The summed E-state index contributed by atoms with van der Waals surface area (Å²) < 4.78 is 5.30. The largest absolute Gasteiger partial charge is 0.497 e. The zero-order valence-electron chi connectivity index (χ0n) is 10.5. The molecule has 94 valence electrons. The number of ether oxygens (including phenoxy) is 1. The molecule has 0 bridgehead atoms. The van der Waals surface area contributed by atoms with Crippen LogP contribution in [0, 0.1) is 5.92 Å². The van der Waals surface area contributed by atoms with Crippen LogP contribution in [0.5, 0.6) is 5.75 Å². The van der Waals surface area contributed by atoms with E-state index in [1.165, 1.54) is 22.5 Å². The summed E-state index contributed by atoms with van der Waals surface area (Å²) >= 11 is 1.85. The first-order valence-corrected chi connectivity index (χ1v) is 7.16. The average molecular weight is 259 g/mol. The van der Waals surface area contributed by atoms with Crippen molar-refractivity contribution >= 4 is 17.0 Å². The van der Waals surface area contributed by atoms with Crippen LogP contribution in [-0.2, 0) is 12.8 Å². The molecule has 0 saturated heterocycles. The van der Waals surface area contributed by atoms with Gasteiger partial charge in [-0.25, -0.2) is 0 Å². The van der Waals surface area contributed by atoms with Gasteiger partial charge in [-0.1, -0.05) is 6.07 Å². The van der Waals surface area contributed by atoms with Crippen LogP contribution < -0.4 is 10.1 Å². The summed E-state index contributed by atoms with van der Waals surface area (Å²) in [6.07, 6.45) is 2.30. The van der Waals surface area contributed by atoms with Gasteiger partial charge in [0.25, 0.3) is 0 Å². The topological polar surface area (TPSA) is 21.3 Å². The lowest BCUT2D eigenvalue weighted by Gasteiger charge is -2.26. The maximum absolute atomic E-state index is 5.30. The van der Waals surface area contributed by atoms with Crippen molar-refractivity contribution < 1.29 is 4.74 Å². The Kier molecular flexibility index (Phi) is 3.24. The minimum atomic E-state index is 0.684. The molecule has 1 aromatic heterocycles. The fraction of sp³-hybridized carbons (Fsp3) is 0.333. The third kappa shape index (κ3) is 2.36. The van der Waals surface area contributed by atoms with Gasteiger partial charge in [0.1, 0.15) is 5.75 Å². The predicted molar refractivity (Wildman–Crippen MR) is 76.7 cm³/mol. The number of hydrogen-bond donors (Lipinski definition) is 1. The molecule has 3 rings (SSSR count). The van der Waals surface area contributed by atoms with Crippen LogP contribution in [0.2, 0.25) is 0 Å². The lowest BCUT2D eigenvalue weighted by Crippen LogP contribution is -2.24. The first-order valence-electron chi connectivity index (χ1n) is 6.28. The third-order valence-corrected chi connectivity index (χ3v) is 4.37. The quantitative estimate of drug-likeness (QED) is 0.909. The van der Waals surface area contributed by atoms with Crippen LogP contribution in [0.4, 0.5) is 5.69 Å². The summed E-state index contributed by atoms with van der Waals surface area (Å²) in [5, 5.41) is 5.68. The molecule has 0 radical (unpaired) electrons. The highest BCUT2D eigenvalue weighted by atomic mass is 32.1. The Balaban J connectivity index is 1.75. The van der Waals surface area contributed by atoms with E-state index in [2.05, 4.69) is 35.0 Å². The van der Waals surface area contributed by atoms with E-state index in [1.54, 1.807) is 7.11 Å². The van der Waals surface area contributed by atoms with Crippen LogP contribution in [0.25, 0.3) is 0 Å². The Hall–Kier alpha value is -1.48. The van der Waals surface area contributed by atoms with Crippen molar-refractivity contribution in [1.29, 1.82) is 0 Å². The third-order valence-electron chi connectivity index (χ3n) is 3.47. The summed E-state index contributed by atoms with van der Waals surface area (Å²) in [5.74, 6) is 1.63. The van der Waals surface area contributed by atoms with Gasteiger partial charge in [0, 0.05) is 17.1 Å². The molecule has 1 N–H and O–H groups in total. The number of methoxy groups -OCH3 is 1. The van der Waals surface area contributed by atoms with Crippen LogP contribution in [0.15, 0.2) is 35.7 Å². The number of anilines is 1. The molecule has 1 aromatic carbocycles. The van der Waals surface area contributed by atoms with Gasteiger partial charge in [-0.3, -0.25) is 0 Å². The fourth-order valence-corrected chi connectivity index (χ4v) is 3.35. The van der Waals surface area contributed by atoms with Gasteiger partial charge in [-0.2, -0.15) is 0 Å². The van der Waals surface area contributed by atoms with E-state index in [4.69, 9.17) is 4.74 Å². The molecule has 2 nitrogen and oxygen atoms in total. The lowest BCUT2D eigenvalue weighted by molar-refractivity contribution is 0.413. The van der Waals surface area contributed by atoms with Crippen LogP contribution in [0.1, 0.15) is 10.4 Å². The minimum absolute atomic E-state index is 0.684. The van der Waals surface area contributed by atoms with Crippen molar-refractivity contribution in [3.8, 4) is 5.75 Å². The molecule has 1 atom stereocenters. The van der Waals surface area contributed by atoms with Crippen molar-refractivity contribution in [2.45, 2.75) is 12.8 Å². The van der Waals surface area contributed by atoms with E-state index >= 15 is 0 Å². The monoisotopic (exact) mass is 259 g/mol. The molecule has 1 aliphatic rings. The molecular formula is C15H17NOS. The second-order valence-electron chi connectivity index (χ2n) is 4.76. The zero-order valence-corrected chi connectivity index (χ0v) is 11.3. The van der Waals surface area contributed by atoms with Gasteiger partial charge >= 0.3 is 0 Å². The fourth-order valence-electron chi connectivity index (χ4n) is 2.53. The molecule has 0 spiro atoms. The van der Waals surface area contributed by atoms with Gasteiger partial charge in [0.15, 0.2) is 0 Å². The number of nitrogens with one attached hydrogen (secondary N) is 1. The first-order chi connectivity index (χ1) is 8.85. The molecule has 0 amide bonds. The van der Waals surface area contributed by atoms with E-state index in [-0.39, 0.29) is 0 Å². The molecule has 3 heteroatoms. The Bertz CT molecular complexity index is 521. The molecule has 0 fully saturated rings. The molecule has 2 heterocycles. The highest BCUT2D eigenvalue weighted by Crippen LogP contribution is 2.30. The summed E-state index contributed by atoms with van der Waals surface area (Å²) in [6.45, 7) is 1.07. The van der Waals surface area contributed by atoms with E-state index < -0.39 is 0 Å². The molecule has 0 saturated carbocycles. The lowest BCUT2D eigenvalue weighted by atomic mass is 9.91. The van der Waals surface area contributed by atoms with Crippen LogP contribution in [0.3, 0.4) is 0 Å². The normalized spacial score (nSPS) is 17.9. The van der Waals surface area contributed by atoms with Gasteiger partial charge in [0.2, 0.25) is 0 Å². The van der Waals surface area contributed by atoms with Crippen LogP contribution >= 0.6 is 11.3 Å². The Morgan fingerprint density at radius 3 is 3.11 bits per heavy atom. The number of hydrogen-bond acceptors (Lipinski definition) is 3. The first kappa shape index (κ1) is 11.6. The van der Waals surface area contributed by atoms with Crippen molar-refractivity contribution in [3.05, 3.63) is 46.2 Å². The van der Waals surface area contributed by atoms with Gasteiger partial charge in [-0.15, -0.1) is 11.3 Å². The predicted octanol–water partition coefficient (Wildman–Crippen LogP) is 3.58. The van der Waals surface area contributed by atoms with Gasteiger partial charge in [-0.05, 0) is 54.0 Å². The van der Waals surface area contributed by atoms with Crippen molar-refractivity contribution in [1.82, 2.24) is 0 Å². The highest BCUT2D eigenvalue weighted by Gasteiger charge is 2.19. The smallest absolute Gasteiger partial charge is 0.119 e. The number of thiophene rings is 1. The highest BCUT2D eigenvalue weighted by molar-refractivity contribution is 7.09. The molecule has 0 aliphatic carbocycles. The summed E-state index contributed by atoms with van der Waals surface area (Å²) in [5.41, 5.74) is 2.64. The van der Waals surface area contributed by atoms with Crippen molar-refractivity contribution in [2.75, 3.05) is 19.0 Å². The maximum atomic E-state index is 5.30. The van der Waals surface area contributed by atoms with Gasteiger partial charge in [0.05, 0.1) is 7.11 Å². The molecule has 2 aromatic rings. The van der Waals surface area contributed by atoms with E-state index in [0.29, 0.717) is 5.92 Å². The van der Waals surface area contributed by atoms with Crippen molar-refractivity contribution in [2.24, 2.45) is 5.92 Å². The maximum Gasteiger partial charge on any atom is 0.119 e. The SMILES string of the molecule is COc1ccc2c(c1)CC(Cc1cccs1)CN2. The van der Waals surface area contributed by atoms with E-state index in [9.17, 15) is 0 Å².